The van der Waals surface area contributed by atoms with Crippen molar-refractivity contribution in [3.63, 3.8) is 0 Å². The monoisotopic (exact) mass is 402 g/mol. The Hall–Kier alpha value is -2.54. The van der Waals surface area contributed by atoms with Crippen molar-refractivity contribution in [1.29, 1.82) is 0 Å². The Morgan fingerprint density at radius 2 is 1.93 bits per heavy atom. The number of fused-ring (bicyclic) bond motifs is 1. The van der Waals surface area contributed by atoms with Crippen molar-refractivity contribution in [3.8, 4) is 5.75 Å². The van der Waals surface area contributed by atoms with Crippen LogP contribution < -0.4 is 14.4 Å². The van der Waals surface area contributed by atoms with Crippen LogP contribution >= 0.6 is 0 Å². The maximum Gasteiger partial charge on any atom is 0.261 e. The highest BCUT2D eigenvalue weighted by Crippen LogP contribution is 2.34. The number of rotatable bonds is 4. The smallest absolute Gasteiger partial charge is 0.261 e. The molecule has 2 aromatic carbocycles. The lowest BCUT2D eigenvalue weighted by Crippen LogP contribution is -2.41. The van der Waals surface area contributed by atoms with Crippen LogP contribution in [0, 0.1) is 13.8 Å². The molecule has 0 radical (unpaired) electrons. The summed E-state index contributed by atoms with van der Waals surface area (Å²) in [4.78, 5) is 12.9. The Kier molecular flexibility index (Phi) is 5.65. The summed E-state index contributed by atoms with van der Waals surface area (Å²) in [6, 6.07) is 12.9. The first-order chi connectivity index (χ1) is 13.2. The molecule has 0 spiro atoms. The van der Waals surface area contributed by atoms with E-state index < -0.39 is 16.1 Å². The van der Waals surface area contributed by atoms with Crippen molar-refractivity contribution < 1.29 is 17.9 Å². The largest absolute Gasteiger partial charge is 0.478 e. The molecule has 1 N–H and O–H groups in total. The third-order valence-electron chi connectivity index (χ3n) is 4.95. The Bertz CT molecular complexity index is 988. The molecule has 7 heteroatoms. The standard InChI is InChI=1S/C21H26N2O4S/c1-14-9-10-15(2)17(13-14)16(3)22-21(24)20-11-12-23(28(4,25)26)18-7-5-6-8-19(18)27-20/h5-10,13,16,20H,11-12H2,1-4H3,(H,22,24)/t16-,20+/m1/s1. The fourth-order valence-electron chi connectivity index (χ4n) is 3.47. The van der Waals surface area contributed by atoms with Crippen LogP contribution in [-0.2, 0) is 14.8 Å². The molecule has 1 amide bonds. The van der Waals surface area contributed by atoms with Gasteiger partial charge in [0.2, 0.25) is 10.0 Å². The van der Waals surface area contributed by atoms with Gasteiger partial charge in [-0.25, -0.2) is 8.42 Å². The molecule has 0 unspecified atom stereocenters. The number of hydrogen-bond donors (Lipinski definition) is 1. The SMILES string of the molecule is Cc1ccc(C)c([C@@H](C)NC(=O)[C@@H]2CCN(S(C)(=O)=O)c3ccccc3O2)c1. The lowest BCUT2D eigenvalue weighted by Gasteiger charge is -2.21. The lowest BCUT2D eigenvalue weighted by molar-refractivity contribution is -0.128. The van der Waals surface area contributed by atoms with E-state index in [9.17, 15) is 13.2 Å². The van der Waals surface area contributed by atoms with Crippen LogP contribution in [0.15, 0.2) is 42.5 Å². The Balaban J connectivity index is 1.81. The number of para-hydroxylation sites is 2. The molecule has 0 saturated carbocycles. The summed E-state index contributed by atoms with van der Waals surface area (Å²) < 4.78 is 31.6. The van der Waals surface area contributed by atoms with Gasteiger partial charge in [-0.3, -0.25) is 9.10 Å². The van der Waals surface area contributed by atoms with Gasteiger partial charge in [-0.1, -0.05) is 35.9 Å². The maximum absolute atomic E-state index is 12.9. The zero-order valence-corrected chi connectivity index (χ0v) is 17.4. The molecule has 6 nitrogen and oxygen atoms in total. The molecule has 3 rings (SSSR count). The van der Waals surface area contributed by atoms with Crippen molar-refractivity contribution in [2.45, 2.75) is 39.3 Å². The number of nitrogens with one attached hydrogen (secondary N) is 1. The number of sulfonamides is 1. The maximum atomic E-state index is 12.9. The molecule has 0 saturated heterocycles. The van der Waals surface area contributed by atoms with Crippen LogP contribution in [0.4, 0.5) is 5.69 Å². The number of amides is 1. The van der Waals surface area contributed by atoms with E-state index in [1.165, 1.54) is 4.31 Å². The minimum absolute atomic E-state index is 0.180. The Labute approximate surface area is 166 Å². The molecule has 1 aliphatic rings. The quantitative estimate of drug-likeness (QED) is 0.853. The molecule has 150 valence electrons. The molecule has 0 aliphatic carbocycles. The summed E-state index contributed by atoms with van der Waals surface area (Å²) in [5.74, 6) is 0.142. The first-order valence-corrected chi connectivity index (χ1v) is 11.1. The van der Waals surface area contributed by atoms with Crippen molar-refractivity contribution in [2.24, 2.45) is 0 Å². The Morgan fingerprint density at radius 3 is 2.64 bits per heavy atom. The third kappa shape index (κ3) is 4.30. The molecule has 0 fully saturated rings. The highest BCUT2D eigenvalue weighted by Gasteiger charge is 2.31. The number of hydrogen-bond acceptors (Lipinski definition) is 4. The van der Waals surface area contributed by atoms with Crippen LogP contribution in [0.5, 0.6) is 5.75 Å². The van der Waals surface area contributed by atoms with Gasteiger partial charge in [-0.2, -0.15) is 0 Å². The van der Waals surface area contributed by atoms with Crippen molar-refractivity contribution in [1.82, 2.24) is 5.32 Å². The molecule has 1 heterocycles. The molecule has 28 heavy (non-hydrogen) atoms. The van der Waals surface area contributed by atoms with Gasteiger partial charge in [0.1, 0.15) is 5.75 Å². The second-order valence-electron chi connectivity index (χ2n) is 7.29. The van der Waals surface area contributed by atoms with Gasteiger partial charge in [-0.05, 0) is 44.0 Å². The molecule has 2 atom stereocenters. The van der Waals surface area contributed by atoms with Crippen LogP contribution in [0.3, 0.4) is 0 Å². The first-order valence-electron chi connectivity index (χ1n) is 9.27. The average molecular weight is 403 g/mol. The van der Waals surface area contributed by atoms with Gasteiger partial charge in [0, 0.05) is 13.0 Å². The fourth-order valence-corrected chi connectivity index (χ4v) is 4.41. The summed E-state index contributed by atoms with van der Waals surface area (Å²) in [5, 5.41) is 3.01. The number of carbonyl (C=O) groups is 1. The lowest BCUT2D eigenvalue weighted by atomic mass is 10.00. The van der Waals surface area contributed by atoms with Gasteiger partial charge >= 0.3 is 0 Å². The number of aryl methyl sites for hydroxylation is 2. The van der Waals surface area contributed by atoms with E-state index >= 15 is 0 Å². The minimum Gasteiger partial charge on any atom is -0.478 e. The van der Waals surface area contributed by atoms with E-state index in [4.69, 9.17) is 4.74 Å². The molecule has 2 aromatic rings. The summed E-state index contributed by atoms with van der Waals surface area (Å²) in [6.07, 6.45) is 0.667. The van der Waals surface area contributed by atoms with E-state index in [1.54, 1.807) is 24.3 Å². The minimum atomic E-state index is -3.47. The Morgan fingerprint density at radius 1 is 1.21 bits per heavy atom. The topological polar surface area (TPSA) is 75.7 Å². The number of anilines is 1. The van der Waals surface area contributed by atoms with Crippen molar-refractivity contribution in [3.05, 3.63) is 59.2 Å². The summed E-state index contributed by atoms with van der Waals surface area (Å²) in [5.41, 5.74) is 3.75. The van der Waals surface area contributed by atoms with Gasteiger partial charge in [0.05, 0.1) is 18.0 Å². The van der Waals surface area contributed by atoms with Crippen LogP contribution in [0.1, 0.15) is 36.1 Å². The molecule has 0 bridgehead atoms. The number of carbonyl (C=O) groups excluding carboxylic acids is 1. The second kappa shape index (κ2) is 7.83. The predicted octanol–water partition coefficient (Wildman–Crippen LogP) is 3.10. The van der Waals surface area contributed by atoms with E-state index in [0.29, 0.717) is 11.4 Å². The molecule has 1 aliphatic heterocycles. The van der Waals surface area contributed by atoms with Gasteiger partial charge in [0.25, 0.3) is 5.91 Å². The number of benzene rings is 2. The number of nitrogens with zero attached hydrogens (tertiary/aromatic N) is 1. The van der Waals surface area contributed by atoms with Crippen LogP contribution in [0.25, 0.3) is 0 Å². The van der Waals surface area contributed by atoms with Gasteiger partial charge in [-0.15, -0.1) is 0 Å². The van der Waals surface area contributed by atoms with Gasteiger partial charge < -0.3 is 10.1 Å². The van der Waals surface area contributed by atoms with E-state index in [0.717, 1.165) is 22.9 Å². The highest BCUT2D eigenvalue weighted by atomic mass is 32.2. The summed E-state index contributed by atoms with van der Waals surface area (Å²) in [7, 11) is -3.47. The fraction of sp³-hybridized carbons (Fsp3) is 0.381. The molecular weight excluding hydrogens is 376 g/mol. The summed E-state index contributed by atoms with van der Waals surface area (Å²) >= 11 is 0. The second-order valence-corrected chi connectivity index (χ2v) is 9.20. The van der Waals surface area contributed by atoms with Gasteiger partial charge in [0.15, 0.2) is 6.10 Å². The van der Waals surface area contributed by atoms with E-state index in [-0.39, 0.29) is 24.9 Å². The van der Waals surface area contributed by atoms with E-state index in [1.807, 2.05) is 32.9 Å². The highest BCUT2D eigenvalue weighted by molar-refractivity contribution is 7.92. The van der Waals surface area contributed by atoms with Crippen LogP contribution in [0.2, 0.25) is 0 Å². The normalized spacial score (nSPS) is 17.9. The van der Waals surface area contributed by atoms with Crippen LogP contribution in [-0.4, -0.2) is 33.2 Å². The van der Waals surface area contributed by atoms with E-state index in [2.05, 4.69) is 11.4 Å². The average Bonchev–Trinajstić information content (AvgIpc) is 2.83. The van der Waals surface area contributed by atoms with Crippen molar-refractivity contribution in [2.75, 3.05) is 17.1 Å². The summed E-state index contributed by atoms with van der Waals surface area (Å²) in [6.45, 7) is 6.15. The molecule has 0 aromatic heterocycles. The zero-order chi connectivity index (χ0) is 20.5. The molecular formula is C21H26N2O4S. The predicted molar refractivity (Wildman–Crippen MR) is 110 cm³/mol. The van der Waals surface area contributed by atoms with Crippen molar-refractivity contribution >= 4 is 21.6 Å². The first kappa shape index (κ1) is 20.2. The third-order valence-corrected chi connectivity index (χ3v) is 6.13. The zero-order valence-electron chi connectivity index (χ0n) is 16.6. The number of ether oxygens (including phenoxy) is 1.